The maximum atomic E-state index is 13.0. The lowest BCUT2D eigenvalue weighted by Crippen LogP contribution is -2.17. The average Bonchev–Trinajstić information content (AvgIpc) is 2.74. The summed E-state index contributed by atoms with van der Waals surface area (Å²) in [5.41, 5.74) is 1.56. The van der Waals surface area contributed by atoms with Crippen molar-refractivity contribution < 1.29 is 26.0 Å². The molecule has 0 aliphatic rings. The highest BCUT2D eigenvalue weighted by Gasteiger charge is 2.17. The molecule has 2 N–H and O–H groups in total. The molecule has 168 valence electrons. The molecule has 0 atom stereocenters. The number of anilines is 2. The van der Waals surface area contributed by atoms with Gasteiger partial charge in [-0.15, -0.1) is 0 Å². The van der Waals surface area contributed by atoms with Gasteiger partial charge < -0.3 is 5.32 Å². The molecule has 1 amide bonds. The van der Waals surface area contributed by atoms with Crippen LogP contribution in [-0.2, 0) is 24.7 Å². The van der Waals surface area contributed by atoms with Crippen LogP contribution in [0.2, 0.25) is 0 Å². The zero-order valence-corrected chi connectivity index (χ0v) is 18.7. The van der Waals surface area contributed by atoms with Gasteiger partial charge in [0.25, 0.3) is 10.0 Å². The van der Waals surface area contributed by atoms with Crippen LogP contribution in [0.4, 0.5) is 15.8 Å². The van der Waals surface area contributed by atoms with E-state index in [4.69, 9.17) is 0 Å². The van der Waals surface area contributed by atoms with Gasteiger partial charge in [0.2, 0.25) is 5.91 Å². The third-order valence-corrected chi connectivity index (χ3v) is 7.65. The molecule has 10 heteroatoms. The van der Waals surface area contributed by atoms with E-state index in [1.165, 1.54) is 36.4 Å². The van der Waals surface area contributed by atoms with Gasteiger partial charge in [-0.05, 0) is 67.6 Å². The molecule has 0 fully saturated rings. The number of carbonyl (C=O) groups excluding carboxylic acids is 1. The molecule has 0 radical (unpaired) electrons. The number of sulfonamides is 1. The Morgan fingerprint density at radius 2 is 1.31 bits per heavy atom. The molecule has 3 aromatic carbocycles. The Hall–Kier alpha value is -3.24. The number of halogens is 1. The lowest BCUT2D eigenvalue weighted by molar-refractivity contribution is -0.115. The second-order valence-corrected chi connectivity index (χ2v) is 10.9. The van der Waals surface area contributed by atoms with Gasteiger partial charge >= 0.3 is 0 Å². The Bertz CT molecular complexity index is 1300. The molecule has 0 aromatic heterocycles. The third kappa shape index (κ3) is 6.14. The van der Waals surface area contributed by atoms with Crippen LogP contribution in [0.3, 0.4) is 0 Å². The summed E-state index contributed by atoms with van der Waals surface area (Å²) >= 11 is 0. The molecule has 0 aliphatic carbocycles. The van der Waals surface area contributed by atoms with Crippen molar-refractivity contribution in [2.75, 3.05) is 15.8 Å². The summed E-state index contributed by atoms with van der Waals surface area (Å²) in [6.45, 7) is 1.85. The number of hydrogen-bond donors (Lipinski definition) is 2. The van der Waals surface area contributed by atoms with E-state index in [1.54, 1.807) is 12.1 Å². The smallest absolute Gasteiger partial charge is 0.261 e. The Morgan fingerprint density at radius 3 is 1.91 bits per heavy atom. The van der Waals surface area contributed by atoms with Gasteiger partial charge in [-0.2, -0.15) is 0 Å². The highest BCUT2D eigenvalue weighted by molar-refractivity contribution is 7.92. The average molecular weight is 477 g/mol. The maximum absolute atomic E-state index is 13.0. The minimum absolute atomic E-state index is 0.0916. The summed E-state index contributed by atoms with van der Waals surface area (Å²) < 4.78 is 64.7. The van der Waals surface area contributed by atoms with E-state index >= 15 is 0 Å². The Morgan fingerprint density at radius 1 is 0.781 bits per heavy atom. The highest BCUT2D eigenvalue weighted by atomic mass is 32.2. The van der Waals surface area contributed by atoms with Crippen LogP contribution in [0.15, 0.2) is 82.6 Å². The molecule has 3 aromatic rings. The van der Waals surface area contributed by atoms with Gasteiger partial charge in [-0.1, -0.05) is 17.7 Å². The quantitative estimate of drug-likeness (QED) is 0.515. The topological polar surface area (TPSA) is 109 Å². The first-order valence-corrected chi connectivity index (χ1v) is 12.7. The lowest BCUT2D eigenvalue weighted by Gasteiger charge is -2.10. The van der Waals surface area contributed by atoms with E-state index in [0.29, 0.717) is 5.69 Å². The molecular formula is C22H21FN2O5S2. The predicted molar refractivity (Wildman–Crippen MR) is 120 cm³/mol. The normalized spacial score (nSPS) is 11.7. The summed E-state index contributed by atoms with van der Waals surface area (Å²) in [6.07, 6.45) is -0.227. The van der Waals surface area contributed by atoms with Crippen LogP contribution >= 0.6 is 0 Å². The Balaban J connectivity index is 1.57. The lowest BCUT2D eigenvalue weighted by atomic mass is 10.2. The minimum atomic E-state index is -3.89. The van der Waals surface area contributed by atoms with E-state index in [-0.39, 0.29) is 27.7 Å². The summed E-state index contributed by atoms with van der Waals surface area (Å²) in [4.78, 5) is 12.2. The number of rotatable bonds is 8. The highest BCUT2D eigenvalue weighted by Crippen LogP contribution is 2.19. The molecule has 0 unspecified atom stereocenters. The van der Waals surface area contributed by atoms with Crippen molar-refractivity contribution in [1.82, 2.24) is 0 Å². The van der Waals surface area contributed by atoms with E-state index < -0.39 is 31.6 Å². The molecule has 0 bridgehead atoms. The summed E-state index contributed by atoms with van der Waals surface area (Å²) in [5.74, 6) is -1.37. The number of sulfone groups is 1. The largest absolute Gasteiger partial charge is 0.326 e. The van der Waals surface area contributed by atoms with E-state index in [9.17, 15) is 26.0 Å². The summed E-state index contributed by atoms with van der Waals surface area (Å²) in [7, 11) is -7.47. The second kappa shape index (κ2) is 9.49. The third-order valence-electron chi connectivity index (χ3n) is 4.52. The van der Waals surface area contributed by atoms with Crippen LogP contribution in [-0.4, -0.2) is 28.5 Å². The number of nitrogens with one attached hydrogen (secondary N) is 2. The Labute approximate surface area is 186 Å². The van der Waals surface area contributed by atoms with Crippen molar-refractivity contribution in [3.05, 3.63) is 84.2 Å². The first-order valence-electron chi connectivity index (χ1n) is 9.53. The fraction of sp³-hybridized carbons (Fsp3) is 0.136. The fourth-order valence-electron chi connectivity index (χ4n) is 2.76. The van der Waals surface area contributed by atoms with Crippen molar-refractivity contribution in [2.24, 2.45) is 0 Å². The summed E-state index contributed by atoms with van der Waals surface area (Å²) in [6, 6.07) is 16.6. The first kappa shape index (κ1) is 23.4. The molecule has 7 nitrogen and oxygen atoms in total. The molecule has 0 spiro atoms. The second-order valence-electron chi connectivity index (χ2n) is 7.07. The molecule has 0 saturated heterocycles. The van der Waals surface area contributed by atoms with Gasteiger partial charge in [-0.3, -0.25) is 9.52 Å². The zero-order chi connectivity index (χ0) is 23.4. The van der Waals surface area contributed by atoms with E-state index in [0.717, 1.165) is 29.8 Å². The van der Waals surface area contributed by atoms with Gasteiger partial charge in [0, 0.05) is 17.8 Å². The number of amides is 1. The van der Waals surface area contributed by atoms with Crippen LogP contribution in [0.25, 0.3) is 0 Å². The molecule has 32 heavy (non-hydrogen) atoms. The molecular weight excluding hydrogens is 455 g/mol. The number of aryl methyl sites for hydroxylation is 1. The van der Waals surface area contributed by atoms with Crippen molar-refractivity contribution in [2.45, 2.75) is 23.1 Å². The number of carbonyl (C=O) groups is 1. The van der Waals surface area contributed by atoms with Gasteiger partial charge in [0.1, 0.15) is 5.82 Å². The van der Waals surface area contributed by atoms with Crippen LogP contribution in [0.1, 0.15) is 12.0 Å². The molecule has 3 rings (SSSR count). The minimum Gasteiger partial charge on any atom is -0.326 e. The number of benzene rings is 3. The van der Waals surface area contributed by atoms with Crippen molar-refractivity contribution in [1.29, 1.82) is 0 Å². The van der Waals surface area contributed by atoms with Gasteiger partial charge in [0.15, 0.2) is 9.84 Å². The van der Waals surface area contributed by atoms with Crippen LogP contribution in [0.5, 0.6) is 0 Å². The van der Waals surface area contributed by atoms with Crippen molar-refractivity contribution in [3.8, 4) is 0 Å². The molecule has 0 heterocycles. The summed E-state index contributed by atoms with van der Waals surface area (Å²) in [5, 5.41) is 2.58. The van der Waals surface area contributed by atoms with Crippen molar-refractivity contribution >= 4 is 37.1 Å². The SMILES string of the molecule is Cc1ccc(S(=O)(=O)CCC(=O)Nc2ccc(NS(=O)(=O)c3ccc(F)cc3)cc2)cc1. The Kier molecular flexibility index (Phi) is 6.95. The predicted octanol–water partition coefficient (Wildman–Crippen LogP) is 3.74. The van der Waals surface area contributed by atoms with Gasteiger partial charge in [0.05, 0.1) is 15.5 Å². The van der Waals surface area contributed by atoms with E-state index in [2.05, 4.69) is 10.0 Å². The van der Waals surface area contributed by atoms with E-state index in [1.807, 2.05) is 6.92 Å². The maximum Gasteiger partial charge on any atom is 0.261 e. The van der Waals surface area contributed by atoms with Crippen LogP contribution in [0, 0.1) is 12.7 Å². The zero-order valence-electron chi connectivity index (χ0n) is 17.1. The van der Waals surface area contributed by atoms with Gasteiger partial charge in [-0.25, -0.2) is 21.2 Å². The van der Waals surface area contributed by atoms with Crippen LogP contribution < -0.4 is 10.0 Å². The standard InChI is InChI=1S/C22H21FN2O5S2/c1-16-2-10-20(11-3-16)31(27,28)15-14-22(26)24-18-6-8-19(9-7-18)25-32(29,30)21-12-4-17(23)5-13-21/h2-13,25H,14-15H2,1H3,(H,24,26). The number of hydrogen-bond acceptors (Lipinski definition) is 5. The first-order chi connectivity index (χ1) is 15.0. The molecule has 0 aliphatic heterocycles. The van der Waals surface area contributed by atoms with Crippen molar-refractivity contribution in [3.63, 3.8) is 0 Å². The monoisotopic (exact) mass is 476 g/mol. The fourth-order valence-corrected chi connectivity index (χ4v) is 5.06. The molecule has 0 saturated carbocycles.